The lowest BCUT2D eigenvalue weighted by Crippen LogP contribution is -2.70. The minimum Gasteiger partial charge on any atom is -0.462 e. The Balaban J connectivity index is 1.30. The van der Waals surface area contributed by atoms with E-state index in [9.17, 15) is 24.5 Å². The number of alkyl halides is 1. The number of benzene rings is 1. The Morgan fingerprint density at radius 2 is 2.09 bits per heavy atom. The number of non-ortho nitro benzene ring substituents is 1. The number of hydrogen-bond donors (Lipinski definition) is 0. The highest BCUT2D eigenvalue weighted by atomic mass is 79.9. The molecule has 1 aliphatic carbocycles. The van der Waals surface area contributed by atoms with Gasteiger partial charge in [0.2, 0.25) is 0 Å². The van der Waals surface area contributed by atoms with Gasteiger partial charge in [0.05, 0.1) is 4.92 Å². The largest absolute Gasteiger partial charge is 0.462 e. The van der Waals surface area contributed by atoms with Crippen LogP contribution in [-0.4, -0.2) is 37.4 Å². The summed E-state index contributed by atoms with van der Waals surface area (Å²) in [6, 6.07) is 7.47. The molecule has 1 fully saturated rings. The van der Waals surface area contributed by atoms with E-state index in [1.807, 2.05) is 6.07 Å². The number of ether oxygens (including phenoxy) is 2. The lowest BCUT2D eigenvalue weighted by molar-refractivity contribution is -0.384. The number of rotatable bonds is 7. The molecular weight excluding hydrogens is 544 g/mol. The Labute approximate surface area is 211 Å². The van der Waals surface area contributed by atoms with Gasteiger partial charge in [-0.2, -0.15) is 0 Å². The van der Waals surface area contributed by atoms with Crippen molar-refractivity contribution in [3.63, 3.8) is 0 Å². The molecule has 182 valence electrons. The first-order valence-corrected chi connectivity index (χ1v) is 12.5. The zero-order chi connectivity index (χ0) is 24.9. The van der Waals surface area contributed by atoms with E-state index in [0.29, 0.717) is 11.3 Å². The van der Waals surface area contributed by atoms with Crippen molar-refractivity contribution < 1.29 is 33.2 Å². The quantitative estimate of drug-likeness (QED) is 0.162. The van der Waals surface area contributed by atoms with Crippen molar-refractivity contribution >= 4 is 51.2 Å². The second-order valence-corrected chi connectivity index (χ2v) is 10.6. The van der Waals surface area contributed by atoms with E-state index in [1.165, 1.54) is 53.3 Å². The summed E-state index contributed by atoms with van der Waals surface area (Å²) in [5.74, 6) is -0.486. The molecule has 3 heterocycles. The first kappa shape index (κ1) is 23.6. The lowest BCUT2D eigenvalue weighted by atomic mass is 9.89. The smallest absolute Gasteiger partial charge is 0.355 e. The average Bonchev–Trinajstić information content (AvgIpc) is 3.54. The van der Waals surface area contributed by atoms with Crippen LogP contribution in [0.2, 0.25) is 0 Å². The van der Waals surface area contributed by atoms with Crippen molar-refractivity contribution in [2.75, 3.05) is 0 Å². The number of esters is 2. The Hall–Kier alpha value is -3.12. The van der Waals surface area contributed by atoms with Gasteiger partial charge in [-0.25, -0.2) is 4.79 Å². The number of β-lactam (4-membered cyclic amide) rings is 1. The van der Waals surface area contributed by atoms with Crippen molar-refractivity contribution in [2.45, 2.75) is 48.6 Å². The molecule has 2 aliphatic heterocycles. The molecule has 0 radical (unpaired) electrons. The van der Waals surface area contributed by atoms with Gasteiger partial charge in [-0.05, 0) is 42.2 Å². The number of nitro benzene ring substituents is 1. The molecule has 0 spiro atoms. The number of halogens is 1. The topological polar surface area (TPSA) is 129 Å². The number of carbonyl (C=O) groups excluding carboxylic acids is 3. The van der Waals surface area contributed by atoms with Crippen LogP contribution >= 0.6 is 27.7 Å². The van der Waals surface area contributed by atoms with Gasteiger partial charge in [0.25, 0.3) is 11.6 Å². The summed E-state index contributed by atoms with van der Waals surface area (Å²) in [5, 5.41) is 11.8. The number of aryl methyl sites for hydroxylation is 2. The molecule has 0 N–H and O–H groups in total. The van der Waals surface area contributed by atoms with Gasteiger partial charge in [-0.1, -0.05) is 15.9 Å². The van der Waals surface area contributed by atoms with Crippen molar-refractivity contribution in [2.24, 2.45) is 0 Å². The van der Waals surface area contributed by atoms with Crippen molar-refractivity contribution in [3.8, 4) is 0 Å². The highest BCUT2D eigenvalue weighted by molar-refractivity contribution is 9.10. The number of nitrogens with zero attached hydrogens (tertiary/aromatic N) is 2. The van der Waals surface area contributed by atoms with Crippen LogP contribution < -0.4 is 0 Å². The Morgan fingerprint density at radius 1 is 1.34 bits per heavy atom. The van der Waals surface area contributed by atoms with Gasteiger partial charge < -0.3 is 13.9 Å². The number of furan rings is 1. The number of amides is 1. The van der Waals surface area contributed by atoms with Gasteiger partial charge in [-0.3, -0.25) is 24.6 Å². The van der Waals surface area contributed by atoms with E-state index in [1.54, 1.807) is 0 Å². The molecule has 0 bridgehead atoms. The van der Waals surface area contributed by atoms with Crippen molar-refractivity contribution in [1.82, 2.24) is 4.90 Å². The van der Waals surface area contributed by atoms with Gasteiger partial charge in [-0.15, -0.1) is 11.8 Å². The van der Waals surface area contributed by atoms with Gasteiger partial charge >= 0.3 is 11.9 Å². The maximum atomic E-state index is 13.3. The second kappa shape index (κ2) is 8.83. The Bertz CT molecular complexity index is 1250. The third kappa shape index (κ3) is 3.94. The zero-order valence-electron chi connectivity index (χ0n) is 18.4. The number of nitro groups is 1. The molecule has 2 aromatic rings. The molecule has 35 heavy (non-hydrogen) atoms. The van der Waals surface area contributed by atoms with Crippen molar-refractivity contribution in [3.05, 3.63) is 74.2 Å². The number of carbonyl (C=O) groups is 3. The summed E-state index contributed by atoms with van der Waals surface area (Å²) in [5.41, 5.74) is 1.62. The predicted molar refractivity (Wildman–Crippen MR) is 126 cm³/mol. The van der Waals surface area contributed by atoms with Crippen LogP contribution in [0.1, 0.15) is 42.1 Å². The third-order valence-electron chi connectivity index (χ3n) is 6.12. The van der Waals surface area contributed by atoms with E-state index < -0.39 is 38.6 Å². The maximum Gasteiger partial charge on any atom is 0.355 e. The van der Waals surface area contributed by atoms with Gasteiger partial charge in [0, 0.05) is 30.9 Å². The van der Waals surface area contributed by atoms with Crippen LogP contribution in [0.3, 0.4) is 0 Å². The first-order chi connectivity index (χ1) is 16.7. The SMILES string of the molecule is CC(=O)OC(c1cc2c(o1)CCC2)C1(Br)C(=O)N2C(C(=O)OCc3ccc([N+](=O)[O-])cc3)=CSC21. The van der Waals surface area contributed by atoms with Crippen LogP contribution in [0.25, 0.3) is 0 Å². The predicted octanol–water partition coefficient (Wildman–Crippen LogP) is 3.91. The average molecular weight is 563 g/mol. The monoisotopic (exact) mass is 562 g/mol. The highest BCUT2D eigenvalue weighted by Crippen LogP contribution is 2.58. The van der Waals surface area contributed by atoms with Gasteiger partial charge in [0.1, 0.15) is 29.2 Å². The number of hydrogen-bond acceptors (Lipinski definition) is 9. The summed E-state index contributed by atoms with van der Waals surface area (Å²) in [6.45, 7) is 1.15. The summed E-state index contributed by atoms with van der Waals surface area (Å²) >= 11 is 4.76. The van der Waals surface area contributed by atoms with E-state index in [2.05, 4.69) is 15.9 Å². The molecular formula is C23H19BrN2O8S. The molecule has 5 rings (SSSR count). The third-order valence-corrected chi connectivity index (χ3v) is 8.82. The van der Waals surface area contributed by atoms with E-state index in [-0.39, 0.29) is 18.0 Å². The maximum absolute atomic E-state index is 13.3. The molecule has 1 amide bonds. The standard InChI is InChI=1S/C23H19BrN2O8S/c1-12(27)33-19(18-9-14-3-2-4-17(14)34-18)23(24)21(29)25-16(11-35-22(23)25)20(28)32-10-13-5-7-15(8-6-13)26(30)31/h5-9,11,19,22H,2-4,10H2,1H3. The Kier molecular flexibility index (Phi) is 5.96. The first-order valence-electron chi connectivity index (χ1n) is 10.8. The van der Waals surface area contributed by atoms with E-state index >= 15 is 0 Å². The molecule has 0 saturated carbocycles. The molecule has 3 atom stereocenters. The minimum absolute atomic E-state index is 0.0678. The highest BCUT2D eigenvalue weighted by Gasteiger charge is 2.69. The summed E-state index contributed by atoms with van der Waals surface area (Å²) < 4.78 is 15.5. The lowest BCUT2D eigenvalue weighted by Gasteiger charge is -2.51. The molecule has 1 aromatic heterocycles. The summed E-state index contributed by atoms with van der Waals surface area (Å²) in [7, 11) is 0. The molecule has 10 nitrogen and oxygen atoms in total. The molecule has 3 unspecified atom stereocenters. The molecule has 1 saturated heterocycles. The number of thioether (sulfide) groups is 1. The van der Waals surface area contributed by atoms with Crippen LogP contribution in [0.5, 0.6) is 0 Å². The van der Waals surface area contributed by atoms with Crippen LogP contribution in [0.15, 0.2) is 45.9 Å². The second-order valence-electron chi connectivity index (χ2n) is 8.37. The van der Waals surface area contributed by atoms with Gasteiger partial charge in [0.15, 0.2) is 10.4 Å². The zero-order valence-corrected chi connectivity index (χ0v) is 20.8. The fourth-order valence-corrected chi connectivity index (χ4v) is 6.68. The van der Waals surface area contributed by atoms with Crippen LogP contribution in [-0.2, 0) is 43.3 Å². The summed E-state index contributed by atoms with van der Waals surface area (Å²) in [4.78, 5) is 49.5. The molecule has 3 aliphatic rings. The van der Waals surface area contributed by atoms with Crippen LogP contribution in [0.4, 0.5) is 5.69 Å². The van der Waals surface area contributed by atoms with E-state index in [4.69, 9.17) is 13.9 Å². The van der Waals surface area contributed by atoms with Crippen LogP contribution in [0, 0.1) is 10.1 Å². The normalized spacial score (nSPS) is 23.1. The fourth-order valence-electron chi connectivity index (χ4n) is 4.42. The molecule has 12 heteroatoms. The molecule has 1 aromatic carbocycles. The van der Waals surface area contributed by atoms with E-state index in [0.717, 1.165) is 30.6 Å². The Morgan fingerprint density at radius 3 is 2.74 bits per heavy atom. The minimum atomic E-state index is -1.31. The number of fused-ring (bicyclic) bond motifs is 2. The fraction of sp³-hybridized carbons (Fsp3) is 0.348. The summed E-state index contributed by atoms with van der Waals surface area (Å²) in [6.07, 6.45) is 1.65. The van der Waals surface area contributed by atoms with Crippen molar-refractivity contribution in [1.29, 1.82) is 0 Å².